The summed E-state index contributed by atoms with van der Waals surface area (Å²) >= 11 is 0. The van der Waals surface area contributed by atoms with Crippen LogP contribution in [0.3, 0.4) is 0 Å². The molecule has 49 heavy (non-hydrogen) atoms. The fourth-order valence-electron chi connectivity index (χ4n) is 7.81. The first kappa shape index (κ1) is 36.8. The van der Waals surface area contributed by atoms with Crippen molar-refractivity contribution < 1.29 is 42.9 Å². The Morgan fingerprint density at radius 3 is 2.43 bits per heavy atom. The number of para-hydroxylation sites is 1. The van der Waals surface area contributed by atoms with Crippen LogP contribution in [-0.2, 0) is 14.4 Å². The number of alkyl halides is 2. The topological polar surface area (TPSA) is 152 Å². The van der Waals surface area contributed by atoms with E-state index in [2.05, 4.69) is 10.6 Å². The fourth-order valence-corrected chi connectivity index (χ4v) is 7.81. The second-order valence-electron chi connectivity index (χ2n) is 15.7. The van der Waals surface area contributed by atoms with Gasteiger partial charge in [-0.15, -0.1) is 0 Å². The van der Waals surface area contributed by atoms with Gasteiger partial charge in [0.15, 0.2) is 0 Å². The number of carbonyl (C=O) groups excluding carboxylic acids is 3. The van der Waals surface area contributed by atoms with Gasteiger partial charge in [-0.05, 0) is 58.9 Å². The summed E-state index contributed by atoms with van der Waals surface area (Å²) in [4.78, 5) is 59.1. The first-order valence-electron chi connectivity index (χ1n) is 17.3. The monoisotopic (exact) mass is 691 g/mol. The summed E-state index contributed by atoms with van der Waals surface area (Å²) in [5.74, 6) is -5.18. The van der Waals surface area contributed by atoms with Crippen LogP contribution in [0.4, 0.5) is 13.6 Å². The molecular weight excluding hydrogens is 640 g/mol. The zero-order valence-corrected chi connectivity index (χ0v) is 29.1. The summed E-state index contributed by atoms with van der Waals surface area (Å²) < 4.78 is 34.4. The number of fused-ring (bicyclic) bond motifs is 2. The van der Waals surface area contributed by atoms with Gasteiger partial charge >= 0.3 is 6.09 Å². The van der Waals surface area contributed by atoms with Crippen LogP contribution >= 0.6 is 0 Å². The normalized spacial score (nSPS) is 28.3. The number of nitrogens with zero attached hydrogens (tertiary/aromatic N) is 3. The molecular formula is C35H51F2N5O7. The van der Waals surface area contributed by atoms with Gasteiger partial charge in [0.2, 0.25) is 23.6 Å². The minimum absolute atomic E-state index is 0.00483. The smallest absolute Gasteiger partial charge is 0.407 e. The fraction of sp³-hybridized carbons (Fsp3) is 0.714. The van der Waals surface area contributed by atoms with Gasteiger partial charge in [-0.3, -0.25) is 19.3 Å². The van der Waals surface area contributed by atoms with Crippen molar-refractivity contribution in [2.45, 2.75) is 114 Å². The third-order valence-electron chi connectivity index (χ3n) is 10.5. The van der Waals surface area contributed by atoms with Gasteiger partial charge in [0.25, 0.3) is 0 Å². The molecule has 0 aromatic heterocycles. The van der Waals surface area contributed by atoms with Crippen LogP contribution in [0.2, 0.25) is 0 Å². The van der Waals surface area contributed by atoms with Crippen LogP contribution in [0.1, 0.15) is 84.7 Å². The van der Waals surface area contributed by atoms with Crippen LogP contribution in [0, 0.1) is 11.8 Å². The number of amides is 4. The van der Waals surface area contributed by atoms with Crippen LogP contribution in [0.5, 0.6) is 5.75 Å². The van der Waals surface area contributed by atoms with Crippen molar-refractivity contribution in [3.8, 4) is 5.75 Å². The highest BCUT2D eigenvalue weighted by Crippen LogP contribution is 2.39. The molecule has 2 saturated heterocycles. The summed E-state index contributed by atoms with van der Waals surface area (Å²) in [5, 5.41) is 26.7. The van der Waals surface area contributed by atoms with Crippen LogP contribution < -0.4 is 15.4 Å². The second-order valence-corrected chi connectivity index (χ2v) is 15.7. The molecule has 5 rings (SSSR count). The summed E-state index contributed by atoms with van der Waals surface area (Å²) in [7, 11) is 0. The number of aliphatic hydroxyl groups is 1. The summed E-state index contributed by atoms with van der Waals surface area (Å²) in [6.45, 7) is 9.28. The molecule has 1 aromatic rings. The van der Waals surface area contributed by atoms with E-state index in [-0.39, 0.29) is 44.6 Å². The van der Waals surface area contributed by atoms with Gasteiger partial charge in [-0.2, -0.15) is 0 Å². The maximum Gasteiger partial charge on any atom is 0.407 e. The van der Waals surface area contributed by atoms with Crippen LogP contribution in [0.25, 0.3) is 0 Å². The Morgan fingerprint density at radius 2 is 1.78 bits per heavy atom. The zero-order valence-electron chi connectivity index (χ0n) is 29.1. The number of rotatable bonds is 8. The number of carbonyl (C=O) groups is 4. The molecule has 1 aromatic carbocycles. The lowest BCUT2D eigenvalue weighted by Gasteiger charge is -2.45. The van der Waals surface area contributed by atoms with Gasteiger partial charge < -0.3 is 35.4 Å². The highest BCUT2D eigenvalue weighted by molar-refractivity contribution is 5.93. The van der Waals surface area contributed by atoms with Crippen molar-refractivity contribution in [2.75, 3.05) is 32.8 Å². The predicted molar refractivity (Wildman–Crippen MR) is 176 cm³/mol. The van der Waals surface area contributed by atoms with Crippen molar-refractivity contribution in [1.82, 2.24) is 25.3 Å². The average molecular weight is 692 g/mol. The summed E-state index contributed by atoms with van der Waals surface area (Å²) in [5.41, 5.74) is -0.991. The Morgan fingerprint density at radius 1 is 1.10 bits per heavy atom. The number of benzene rings is 1. The molecule has 4 aliphatic rings. The molecule has 1 aliphatic carbocycles. The van der Waals surface area contributed by atoms with E-state index in [9.17, 15) is 38.2 Å². The number of ether oxygens (including phenoxy) is 1. The molecule has 4 amide bonds. The second kappa shape index (κ2) is 14.0. The van der Waals surface area contributed by atoms with E-state index in [1.807, 2.05) is 29.2 Å². The van der Waals surface area contributed by atoms with Crippen LogP contribution in [0.15, 0.2) is 24.3 Å². The number of piperazine rings is 1. The summed E-state index contributed by atoms with van der Waals surface area (Å²) in [6.07, 6.45) is -1.17. The Balaban J connectivity index is 1.42. The molecule has 3 aliphatic heterocycles. The average Bonchev–Trinajstić information content (AvgIpc) is 3.33. The van der Waals surface area contributed by atoms with Gasteiger partial charge in [-0.1, -0.05) is 25.1 Å². The van der Waals surface area contributed by atoms with E-state index < -0.39 is 77.6 Å². The maximum atomic E-state index is 14.7. The Kier molecular flexibility index (Phi) is 10.5. The predicted octanol–water partition coefficient (Wildman–Crippen LogP) is 3.39. The van der Waals surface area contributed by atoms with Gasteiger partial charge in [0, 0.05) is 62.6 Å². The lowest BCUT2D eigenvalue weighted by Crippen LogP contribution is -2.66. The van der Waals surface area contributed by atoms with Gasteiger partial charge in [-0.25, -0.2) is 13.6 Å². The lowest BCUT2D eigenvalue weighted by atomic mass is 9.81. The van der Waals surface area contributed by atoms with Gasteiger partial charge in [0.05, 0.1) is 24.2 Å². The number of halogens is 2. The third kappa shape index (κ3) is 8.45. The SMILES string of the molecule is C[C@@H](CN(C(=O)O)C(C)(C)C)C(=O)N[C@H](C(=O)N1C[C@H]2C[C@@](C)(O)CN2C[C@H]1C(=O)N[C@@H]1CCOc2ccccc21)C1CCC(F)(F)CC1. The van der Waals surface area contributed by atoms with Crippen molar-refractivity contribution in [1.29, 1.82) is 0 Å². The zero-order chi connectivity index (χ0) is 35.9. The largest absolute Gasteiger partial charge is 0.493 e. The van der Waals surface area contributed by atoms with E-state index in [0.29, 0.717) is 31.7 Å². The maximum absolute atomic E-state index is 14.7. The molecule has 1 saturated carbocycles. The van der Waals surface area contributed by atoms with Gasteiger partial charge in [0.1, 0.15) is 17.8 Å². The molecule has 272 valence electrons. The molecule has 3 heterocycles. The van der Waals surface area contributed by atoms with E-state index in [0.717, 1.165) is 10.5 Å². The molecule has 0 unspecified atom stereocenters. The van der Waals surface area contributed by atoms with E-state index in [1.54, 1.807) is 34.6 Å². The standard InChI is InChI=1S/C35H51F2N5O7/c1-21(17-42(32(46)47)33(2,3)4)29(43)39-28(22-10-13-35(36,37)14-11-22)31(45)41-18-23-16-34(5,48)20-40(23)19-26(41)30(44)38-25-12-15-49-27-9-7-6-8-24(25)27/h6-9,21-23,25-26,28,48H,10-20H2,1-5H3,(H,38,44)(H,39,43)(H,46,47)/t21-,23+,25+,26-,28-,34+/m0/s1. The van der Waals surface area contributed by atoms with Crippen LogP contribution in [-0.4, -0.2) is 117 Å². The molecule has 12 nitrogen and oxygen atoms in total. The van der Waals surface area contributed by atoms with E-state index in [4.69, 9.17) is 4.74 Å². The highest BCUT2D eigenvalue weighted by atomic mass is 19.3. The Labute approximate surface area is 286 Å². The highest BCUT2D eigenvalue weighted by Gasteiger charge is 2.50. The molecule has 0 spiro atoms. The first-order chi connectivity index (χ1) is 22.8. The molecule has 0 bridgehead atoms. The lowest BCUT2D eigenvalue weighted by molar-refractivity contribution is -0.150. The molecule has 4 N–H and O–H groups in total. The van der Waals surface area contributed by atoms with Crippen molar-refractivity contribution in [2.24, 2.45) is 11.8 Å². The molecule has 6 atom stereocenters. The van der Waals surface area contributed by atoms with Crippen molar-refractivity contribution in [3.05, 3.63) is 29.8 Å². The first-order valence-corrected chi connectivity index (χ1v) is 17.3. The minimum Gasteiger partial charge on any atom is -0.493 e. The third-order valence-corrected chi connectivity index (χ3v) is 10.5. The van der Waals surface area contributed by atoms with Crippen molar-refractivity contribution in [3.63, 3.8) is 0 Å². The number of nitrogens with one attached hydrogen (secondary N) is 2. The number of carboxylic acid groups (broad SMARTS) is 1. The quantitative estimate of drug-likeness (QED) is 0.324. The molecule has 0 radical (unpaired) electrons. The van der Waals surface area contributed by atoms with E-state index in [1.165, 1.54) is 4.90 Å². The van der Waals surface area contributed by atoms with Crippen molar-refractivity contribution >= 4 is 23.8 Å². The van der Waals surface area contributed by atoms with E-state index >= 15 is 0 Å². The molecule has 3 fully saturated rings. The minimum atomic E-state index is -2.88. The number of hydrogen-bond acceptors (Lipinski definition) is 7. The number of hydrogen-bond donors (Lipinski definition) is 4. The molecule has 14 heteroatoms. The Hall–Kier alpha value is -3.52. The Bertz CT molecular complexity index is 1410. The summed E-state index contributed by atoms with van der Waals surface area (Å²) in [6, 6.07) is 4.65.